The van der Waals surface area contributed by atoms with Gasteiger partial charge < -0.3 is 24.1 Å². The van der Waals surface area contributed by atoms with Gasteiger partial charge in [-0.05, 0) is 12.1 Å². The lowest BCUT2D eigenvalue weighted by Gasteiger charge is -2.11. The van der Waals surface area contributed by atoms with E-state index in [4.69, 9.17) is 13.7 Å². The first-order chi connectivity index (χ1) is 9.34. The summed E-state index contributed by atoms with van der Waals surface area (Å²) < 4.78 is 15.3. The second-order valence-electron chi connectivity index (χ2n) is 4.04. The van der Waals surface area contributed by atoms with Gasteiger partial charge in [-0.15, -0.1) is 0 Å². The molecule has 0 fully saturated rings. The second-order valence-corrected chi connectivity index (χ2v) is 4.04. The van der Waals surface area contributed by atoms with Gasteiger partial charge in [0.05, 0.1) is 19.0 Å². The third kappa shape index (κ3) is 5.21. The molecule has 1 unspecified atom stereocenters. The number of furan rings is 1. The Balaban J connectivity index is 1.48. The van der Waals surface area contributed by atoms with E-state index in [0.717, 1.165) is 5.76 Å². The van der Waals surface area contributed by atoms with Crippen LogP contribution in [-0.4, -0.2) is 41.0 Å². The third-order valence-corrected chi connectivity index (χ3v) is 2.44. The van der Waals surface area contributed by atoms with E-state index in [-0.39, 0.29) is 6.61 Å². The number of rotatable bonds is 9. The van der Waals surface area contributed by atoms with Crippen molar-refractivity contribution in [3.63, 3.8) is 0 Å². The van der Waals surface area contributed by atoms with Crippen LogP contribution in [0.25, 0.3) is 0 Å². The fourth-order valence-electron chi connectivity index (χ4n) is 1.52. The van der Waals surface area contributed by atoms with Crippen LogP contribution in [0.15, 0.2) is 33.7 Å². The van der Waals surface area contributed by atoms with Crippen LogP contribution in [0.4, 0.5) is 0 Å². The first-order valence-electron chi connectivity index (χ1n) is 6.09. The van der Waals surface area contributed by atoms with Gasteiger partial charge in [-0.3, -0.25) is 0 Å². The highest BCUT2D eigenvalue weighted by molar-refractivity contribution is 4.96. The predicted octanol–water partition coefficient (Wildman–Crippen LogP) is 0.372. The zero-order chi connectivity index (χ0) is 13.3. The van der Waals surface area contributed by atoms with Crippen molar-refractivity contribution < 1.29 is 18.8 Å². The van der Waals surface area contributed by atoms with E-state index in [0.29, 0.717) is 32.0 Å². The number of nitrogens with one attached hydrogen (secondary N) is 1. The molecule has 0 aliphatic heterocycles. The molecule has 2 aromatic rings. The summed E-state index contributed by atoms with van der Waals surface area (Å²) in [6.45, 7) is 1.74. The largest absolute Gasteiger partial charge is 0.467 e. The van der Waals surface area contributed by atoms with Gasteiger partial charge in [0.1, 0.15) is 12.4 Å². The molecule has 0 radical (unpaired) electrons. The van der Waals surface area contributed by atoms with Gasteiger partial charge in [0, 0.05) is 19.5 Å². The normalized spacial score (nSPS) is 12.7. The molecule has 19 heavy (non-hydrogen) atoms. The third-order valence-electron chi connectivity index (χ3n) is 2.44. The van der Waals surface area contributed by atoms with Crippen LogP contribution in [-0.2, 0) is 17.8 Å². The van der Waals surface area contributed by atoms with E-state index in [1.54, 1.807) is 12.3 Å². The molecule has 0 bridgehead atoms. The highest BCUT2D eigenvalue weighted by Gasteiger charge is 2.05. The van der Waals surface area contributed by atoms with E-state index in [1.807, 2.05) is 6.07 Å². The molecule has 0 aromatic carbocycles. The summed E-state index contributed by atoms with van der Waals surface area (Å²) in [5.74, 6) is 1.33. The smallest absolute Gasteiger partial charge is 0.227 e. The zero-order valence-electron chi connectivity index (χ0n) is 10.5. The van der Waals surface area contributed by atoms with Crippen molar-refractivity contribution in [3.8, 4) is 0 Å². The molecule has 0 saturated carbocycles. The van der Waals surface area contributed by atoms with Crippen molar-refractivity contribution in [2.45, 2.75) is 19.1 Å². The van der Waals surface area contributed by atoms with Gasteiger partial charge >= 0.3 is 0 Å². The van der Waals surface area contributed by atoms with E-state index in [1.165, 1.54) is 6.33 Å². The van der Waals surface area contributed by atoms with Crippen LogP contribution < -0.4 is 5.32 Å². The average Bonchev–Trinajstić information content (AvgIpc) is 3.07. The molecular formula is C12H17N3O4. The number of nitrogens with zero attached hydrogens (tertiary/aromatic N) is 2. The average molecular weight is 267 g/mol. The maximum absolute atomic E-state index is 9.67. The van der Waals surface area contributed by atoms with Gasteiger partial charge in [0.2, 0.25) is 5.89 Å². The van der Waals surface area contributed by atoms with Gasteiger partial charge in [0.15, 0.2) is 6.33 Å². The van der Waals surface area contributed by atoms with E-state index >= 15 is 0 Å². The number of ether oxygens (including phenoxy) is 1. The molecule has 1 atom stereocenters. The summed E-state index contributed by atoms with van der Waals surface area (Å²) in [5, 5.41) is 16.3. The summed E-state index contributed by atoms with van der Waals surface area (Å²) in [4.78, 5) is 3.90. The Hall–Kier alpha value is -1.70. The number of hydrogen-bond donors (Lipinski definition) is 2. The van der Waals surface area contributed by atoms with E-state index in [9.17, 15) is 5.11 Å². The lowest BCUT2D eigenvalue weighted by molar-refractivity contribution is 0.0227. The number of aliphatic hydroxyl groups is 1. The molecule has 0 saturated heterocycles. The van der Waals surface area contributed by atoms with Crippen LogP contribution in [0, 0.1) is 0 Å². The highest BCUT2D eigenvalue weighted by Crippen LogP contribution is 2.01. The minimum atomic E-state index is -0.558. The Morgan fingerprint density at radius 2 is 2.42 bits per heavy atom. The van der Waals surface area contributed by atoms with Gasteiger partial charge in [-0.25, -0.2) is 0 Å². The molecule has 0 aliphatic rings. The Labute approximate surface area is 110 Å². The van der Waals surface area contributed by atoms with Gasteiger partial charge in [-0.1, -0.05) is 5.16 Å². The maximum atomic E-state index is 9.67. The first kappa shape index (κ1) is 13.7. The predicted molar refractivity (Wildman–Crippen MR) is 65.2 cm³/mol. The second kappa shape index (κ2) is 7.67. The fourth-order valence-corrected chi connectivity index (χ4v) is 1.52. The Morgan fingerprint density at radius 3 is 3.16 bits per heavy atom. The molecular weight excluding hydrogens is 250 g/mol. The quantitative estimate of drug-likeness (QED) is 0.634. The SMILES string of the molecule is OC(CNCCc1ncno1)COCc1ccco1. The van der Waals surface area contributed by atoms with Crippen LogP contribution in [0.2, 0.25) is 0 Å². The number of aromatic nitrogens is 2. The standard InChI is InChI=1S/C12H17N3O4/c16-10(7-17-8-11-2-1-5-18-11)6-13-4-3-12-14-9-15-19-12/h1-2,5,9-10,13,16H,3-4,6-8H2. The Bertz CT molecular complexity index is 430. The monoisotopic (exact) mass is 267 g/mol. The minimum absolute atomic E-state index is 0.258. The minimum Gasteiger partial charge on any atom is -0.467 e. The fraction of sp³-hybridized carbons (Fsp3) is 0.500. The first-order valence-corrected chi connectivity index (χ1v) is 6.09. The lowest BCUT2D eigenvalue weighted by atomic mass is 10.3. The summed E-state index contributed by atoms with van der Waals surface area (Å²) in [7, 11) is 0. The molecule has 0 spiro atoms. The summed E-state index contributed by atoms with van der Waals surface area (Å²) in [6, 6.07) is 3.63. The maximum Gasteiger partial charge on any atom is 0.227 e. The zero-order valence-corrected chi connectivity index (χ0v) is 10.5. The molecule has 2 rings (SSSR count). The molecule has 0 amide bonds. The highest BCUT2D eigenvalue weighted by atomic mass is 16.5. The number of aliphatic hydroxyl groups excluding tert-OH is 1. The molecule has 2 N–H and O–H groups in total. The Kier molecular flexibility index (Phi) is 5.54. The van der Waals surface area contributed by atoms with Crippen molar-refractivity contribution in [2.75, 3.05) is 19.7 Å². The van der Waals surface area contributed by atoms with Crippen molar-refractivity contribution in [1.29, 1.82) is 0 Å². The molecule has 7 heteroatoms. The summed E-state index contributed by atoms with van der Waals surface area (Å²) in [5.41, 5.74) is 0. The molecule has 2 aromatic heterocycles. The van der Waals surface area contributed by atoms with Crippen LogP contribution >= 0.6 is 0 Å². The topological polar surface area (TPSA) is 93.6 Å². The van der Waals surface area contributed by atoms with Gasteiger partial charge in [-0.2, -0.15) is 4.98 Å². The Morgan fingerprint density at radius 1 is 1.47 bits per heavy atom. The van der Waals surface area contributed by atoms with Gasteiger partial charge in [0.25, 0.3) is 0 Å². The summed E-state index contributed by atoms with van der Waals surface area (Å²) in [6.07, 6.45) is 3.04. The summed E-state index contributed by atoms with van der Waals surface area (Å²) >= 11 is 0. The van der Waals surface area contributed by atoms with Crippen LogP contribution in [0.5, 0.6) is 0 Å². The molecule has 0 aliphatic carbocycles. The van der Waals surface area contributed by atoms with Crippen molar-refractivity contribution in [1.82, 2.24) is 15.5 Å². The number of hydrogen-bond acceptors (Lipinski definition) is 7. The van der Waals surface area contributed by atoms with Crippen LogP contribution in [0.1, 0.15) is 11.7 Å². The van der Waals surface area contributed by atoms with Crippen molar-refractivity contribution in [3.05, 3.63) is 36.4 Å². The van der Waals surface area contributed by atoms with Crippen molar-refractivity contribution in [2.24, 2.45) is 0 Å². The van der Waals surface area contributed by atoms with E-state index in [2.05, 4.69) is 15.5 Å². The van der Waals surface area contributed by atoms with Crippen LogP contribution in [0.3, 0.4) is 0 Å². The molecule has 104 valence electrons. The lowest BCUT2D eigenvalue weighted by Crippen LogP contribution is -2.31. The molecule has 7 nitrogen and oxygen atoms in total. The molecule has 2 heterocycles. The van der Waals surface area contributed by atoms with Crippen molar-refractivity contribution >= 4 is 0 Å². The van der Waals surface area contributed by atoms with E-state index < -0.39 is 6.10 Å².